The largest absolute Gasteiger partial charge is 0.507 e. The highest BCUT2D eigenvalue weighted by atomic mass is 16.3. The van der Waals surface area contributed by atoms with Gasteiger partial charge in [-0.2, -0.15) is 5.26 Å². The van der Waals surface area contributed by atoms with Gasteiger partial charge in [-0.3, -0.25) is 0 Å². The maximum absolute atomic E-state index is 9.75. The maximum atomic E-state index is 9.75. The normalized spacial score (nSPS) is 9.75. The van der Waals surface area contributed by atoms with E-state index in [2.05, 4.69) is 6.07 Å². The van der Waals surface area contributed by atoms with Crippen molar-refractivity contribution in [2.24, 2.45) is 0 Å². The average Bonchev–Trinajstić information content (AvgIpc) is 2.32. The first-order chi connectivity index (χ1) is 7.70. The first-order valence-corrected chi connectivity index (χ1v) is 5.01. The number of aromatic hydroxyl groups is 1. The van der Waals surface area contributed by atoms with Crippen LogP contribution < -0.4 is 0 Å². The molecule has 0 unspecified atom stereocenters. The molecule has 0 aliphatic heterocycles. The molecule has 0 heterocycles. The number of hydrogen-bond donors (Lipinski definition) is 1. The Labute approximate surface area is 94.4 Å². The monoisotopic (exact) mass is 209 g/mol. The van der Waals surface area contributed by atoms with E-state index in [1.165, 1.54) is 0 Å². The summed E-state index contributed by atoms with van der Waals surface area (Å²) in [7, 11) is 0. The minimum absolute atomic E-state index is 0.260. The smallest absolute Gasteiger partial charge is 0.123 e. The molecule has 78 valence electrons. The van der Waals surface area contributed by atoms with Crippen LogP contribution in [0.25, 0.3) is 11.1 Å². The number of phenols is 1. The summed E-state index contributed by atoms with van der Waals surface area (Å²) in [5, 5.41) is 18.4. The fourth-order valence-corrected chi connectivity index (χ4v) is 1.61. The van der Waals surface area contributed by atoms with Crippen molar-refractivity contribution in [3.05, 3.63) is 53.6 Å². The highest BCUT2D eigenvalue weighted by molar-refractivity contribution is 5.71. The third kappa shape index (κ3) is 1.89. The third-order valence-corrected chi connectivity index (χ3v) is 2.48. The van der Waals surface area contributed by atoms with Crippen LogP contribution in [0.3, 0.4) is 0 Å². The molecule has 0 saturated heterocycles. The van der Waals surface area contributed by atoms with E-state index in [0.29, 0.717) is 5.56 Å². The molecule has 0 saturated carbocycles. The van der Waals surface area contributed by atoms with Crippen molar-refractivity contribution in [2.45, 2.75) is 6.92 Å². The van der Waals surface area contributed by atoms with Gasteiger partial charge in [-0.05, 0) is 36.8 Å². The number of hydrogen-bond acceptors (Lipinski definition) is 2. The van der Waals surface area contributed by atoms with Gasteiger partial charge in [-0.25, -0.2) is 0 Å². The predicted octanol–water partition coefficient (Wildman–Crippen LogP) is 3.24. The lowest BCUT2D eigenvalue weighted by Gasteiger charge is -2.05. The number of aryl methyl sites for hydroxylation is 1. The standard InChI is InChI=1S/C14H11NO/c1-10-2-7-14(16)13(8-10)12-5-3-11(9-15)4-6-12/h2-8,16H,1H3. The summed E-state index contributed by atoms with van der Waals surface area (Å²) in [4.78, 5) is 0. The van der Waals surface area contributed by atoms with Crippen LogP contribution in [0.5, 0.6) is 5.75 Å². The van der Waals surface area contributed by atoms with E-state index in [-0.39, 0.29) is 5.75 Å². The van der Waals surface area contributed by atoms with Crippen molar-refractivity contribution in [1.29, 1.82) is 5.26 Å². The van der Waals surface area contributed by atoms with Crippen LogP contribution in [0.1, 0.15) is 11.1 Å². The van der Waals surface area contributed by atoms with Gasteiger partial charge in [-0.1, -0.05) is 23.8 Å². The van der Waals surface area contributed by atoms with Gasteiger partial charge in [-0.15, -0.1) is 0 Å². The molecule has 0 amide bonds. The second-order valence-corrected chi connectivity index (χ2v) is 3.71. The lowest BCUT2D eigenvalue weighted by atomic mass is 10.0. The van der Waals surface area contributed by atoms with Crippen molar-refractivity contribution in [3.63, 3.8) is 0 Å². The summed E-state index contributed by atoms with van der Waals surface area (Å²) in [6, 6.07) is 14.7. The van der Waals surface area contributed by atoms with Gasteiger partial charge in [0.15, 0.2) is 0 Å². The van der Waals surface area contributed by atoms with Gasteiger partial charge in [0.2, 0.25) is 0 Å². The van der Waals surface area contributed by atoms with Crippen LogP contribution in [0.2, 0.25) is 0 Å². The van der Waals surface area contributed by atoms with Crippen LogP contribution in [-0.2, 0) is 0 Å². The lowest BCUT2D eigenvalue weighted by Crippen LogP contribution is -1.82. The SMILES string of the molecule is Cc1ccc(O)c(-c2ccc(C#N)cc2)c1. The van der Waals surface area contributed by atoms with Crippen LogP contribution in [0, 0.1) is 18.3 Å². The van der Waals surface area contributed by atoms with Crippen molar-refractivity contribution < 1.29 is 5.11 Å². The van der Waals surface area contributed by atoms with E-state index < -0.39 is 0 Å². The second-order valence-electron chi connectivity index (χ2n) is 3.71. The molecule has 0 aliphatic rings. The summed E-state index contributed by atoms with van der Waals surface area (Å²) < 4.78 is 0. The highest BCUT2D eigenvalue weighted by Crippen LogP contribution is 2.29. The molecule has 16 heavy (non-hydrogen) atoms. The molecule has 1 N–H and O–H groups in total. The van der Waals surface area contributed by atoms with Crippen LogP contribution in [0.4, 0.5) is 0 Å². The highest BCUT2D eigenvalue weighted by Gasteiger charge is 2.04. The molecule has 0 aromatic heterocycles. The molecule has 0 radical (unpaired) electrons. The van der Waals surface area contributed by atoms with Crippen molar-refractivity contribution in [1.82, 2.24) is 0 Å². The Morgan fingerprint density at radius 1 is 1.06 bits per heavy atom. The Kier molecular flexibility index (Phi) is 2.61. The van der Waals surface area contributed by atoms with E-state index in [4.69, 9.17) is 5.26 Å². The Morgan fingerprint density at radius 2 is 1.75 bits per heavy atom. The average molecular weight is 209 g/mol. The van der Waals surface area contributed by atoms with E-state index in [0.717, 1.165) is 16.7 Å². The summed E-state index contributed by atoms with van der Waals surface area (Å²) in [5.74, 6) is 0.260. The van der Waals surface area contributed by atoms with E-state index >= 15 is 0 Å². The molecule has 2 rings (SSSR count). The number of nitriles is 1. The molecule has 0 fully saturated rings. The molecule has 2 aromatic rings. The molecular formula is C14H11NO. The van der Waals surface area contributed by atoms with Gasteiger partial charge in [0.1, 0.15) is 5.75 Å². The number of phenolic OH excluding ortho intramolecular Hbond substituents is 1. The quantitative estimate of drug-likeness (QED) is 0.783. The van der Waals surface area contributed by atoms with Crippen LogP contribution in [0.15, 0.2) is 42.5 Å². The molecular weight excluding hydrogens is 198 g/mol. The fourth-order valence-electron chi connectivity index (χ4n) is 1.61. The van der Waals surface area contributed by atoms with Crippen molar-refractivity contribution in [3.8, 4) is 22.9 Å². The summed E-state index contributed by atoms with van der Waals surface area (Å²) in [5.41, 5.74) is 3.43. The number of nitrogens with zero attached hydrogens (tertiary/aromatic N) is 1. The molecule has 0 atom stereocenters. The van der Waals surface area contributed by atoms with E-state index in [1.54, 1.807) is 18.2 Å². The van der Waals surface area contributed by atoms with Gasteiger partial charge in [0, 0.05) is 5.56 Å². The molecule has 2 aromatic carbocycles. The Bertz CT molecular complexity index is 550. The Hall–Kier alpha value is -2.27. The van der Waals surface area contributed by atoms with Gasteiger partial charge >= 0.3 is 0 Å². The van der Waals surface area contributed by atoms with E-state index in [1.807, 2.05) is 31.2 Å². The third-order valence-electron chi connectivity index (χ3n) is 2.48. The topological polar surface area (TPSA) is 44.0 Å². The maximum Gasteiger partial charge on any atom is 0.123 e. The minimum atomic E-state index is 0.260. The molecule has 0 bridgehead atoms. The zero-order valence-corrected chi connectivity index (χ0v) is 8.94. The van der Waals surface area contributed by atoms with Crippen LogP contribution >= 0.6 is 0 Å². The van der Waals surface area contributed by atoms with Crippen molar-refractivity contribution >= 4 is 0 Å². The van der Waals surface area contributed by atoms with Gasteiger partial charge in [0.05, 0.1) is 11.6 Å². The number of rotatable bonds is 1. The zero-order valence-electron chi connectivity index (χ0n) is 8.94. The first-order valence-electron chi connectivity index (χ1n) is 5.01. The van der Waals surface area contributed by atoms with E-state index in [9.17, 15) is 5.11 Å². The molecule has 2 nitrogen and oxygen atoms in total. The van der Waals surface area contributed by atoms with Crippen molar-refractivity contribution in [2.75, 3.05) is 0 Å². The summed E-state index contributed by atoms with van der Waals surface area (Å²) >= 11 is 0. The number of benzene rings is 2. The molecule has 2 heteroatoms. The van der Waals surface area contributed by atoms with Gasteiger partial charge in [0.25, 0.3) is 0 Å². The summed E-state index contributed by atoms with van der Waals surface area (Å²) in [6.07, 6.45) is 0. The lowest BCUT2D eigenvalue weighted by molar-refractivity contribution is 0.477. The van der Waals surface area contributed by atoms with Crippen LogP contribution in [-0.4, -0.2) is 5.11 Å². The molecule has 0 aliphatic carbocycles. The Morgan fingerprint density at radius 3 is 2.38 bits per heavy atom. The summed E-state index contributed by atoms with van der Waals surface area (Å²) in [6.45, 7) is 1.98. The van der Waals surface area contributed by atoms with Gasteiger partial charge < -0.3 is 5.11 Å². The minimum Gasteiger partial charge on any atom is -0.507 e. The zero-order chi connectivity index (χ0) is 11.5. The second kappa shape index (κ2) is 4.08. The molecule has 0 spiro atoms. The fraction of sp³-hybridized carbons (Fsp3) is 0.0714. The predicted molar refractivity (Wildman–Crippen MR) is 63.0 cm³/mol. The first kappa shape index (κ1) is 10.3. The Balaban J connectivity index is 2.50.